The topological polar surface area (TPSA) is 0 Å². The maximum absolute atomic E-state index is 15.1. The van der Waals surface area contributed by atoms with Gasteiger partial charge >= 0.3 is 0 Å². The molecule has 0 N–H and O–H groups in total. The molecule has 4 rings (SSSR count). The van der Waals surface area contributed by atoms with E-state index >= 15 is 8.78 Å². The molecule has 0 radical (unpaired) electrons. The predicted molar refractivity (Wildman–Crippen MR) is 123 cm³/mol. The van der Waals surface area contributed by atoms with Gasteiger partial charge in [-0.25, -0.2) is 17.6 Å². The summed E-state index contributed by atoms with van der Waals surface area (Å²) in [5.74, 6) is 2.32. The van der Waals surface area contributed by atoms with Crippen LogP contribution in [0.25, 0.3) is 0 Å². The minimum atomic E-state index is -1.21. The van der Waals surface area contributed by atoms with E-state index in [1.807, 2.05) is 0 Å². The number of alkyl halides is 4. The molecule has 5 unspecified atom stereocenters. The number of hydrogen-bond acceptors (Lipinski definition) is 0. The van der Waals surface area contributed by atoms with Crippen molar-refractivity contribution in [2.45, 2.75) is 121 Å². The molecule has 31 heavy (non-hydrogen) atoms. The molecule has 4 saturated carbocycles. The fraction of sp³-hybridized carbons (Fsp3) is 1.00. The van der Waals surface area contributed by atoms with Crippen LogP contribution in [-0.4, -0.2) is 30.3 Å². The molecule has 0 saturated heterocycles. The Morgan fingerprint density at radius 3 is 1.48 bits per heavy atom. The van der Waals surface area contributed by atoms with E-state index in [0.717, 1.165) is 30.6 Å². The average Bonchev–Trinajstić information content (AvgIpc) is 2.75. The summed E-state index contributed by atoms with van der Waals surface area (Å²) in [6.07, 6.45) is 7.21. The lowest BCUT2D eigenvalue weighted by atomic mass is 9.64. The third kappa shape index (κ3) is 5.81. The lowest BCUT2D eigenvalue weighted by Crippen LogP contribution is -2.42. The lowest BCUT2D eigenvalue weighted by molar-refractivity contribution is -0.00747. The highest BCUT2D eigenvalue weighted by Gasteiger charge is 2.45. The van der Waals surface area contributed by atoms with Crippen LogP contribution in [0.15, 0.2) is 0 Å². The number of halogens is 4. The molecule has 0 aromatic rings. The van der Waals surface area contributed by atoms with E-state index in [0.29, 0.717) is 25.2 Å². The number of hydrogen-bond donors (Lipinski definition) is 0. The molecule has 0 aliphatic heterocycles. The van der Waals surface area contributed by atoms with Gasteiger partial charge in [0.2, 0.25) is 0 Å². The highest BCUT2D eigenvalue weighted by molar-refractivity contribution is 7.17. The molecule has 4 aliphatic carbocycles. The normalized spacial score (nSPS) is 52.1. The van der Waals surface area contributed by atoms with Crippen molar-refractivity contribution in [2.24, 2.45) is 41.4 Å². The van der Waals surface area contributed by atoms with Crippen LogP contribution in [0.5, 0.6) is 0 Å². The highest BCUT2D eigenvalue weighted by atomic mass is 31.0. The molecule has 0 heterocycles. The van der Waals surface area contributed by atoms with E-state index in [1.54, 1.807) is 0 Å². The minimum absolute atomic E-state index is 0.152. The van der Waals surface area contributed by atoms with Crippen molar-refractivity contribution in [2.75, 3.05) is 0 Å². The molecule has 180 valence electrons. The zero-order valence-corrected chi connectivity index (χ0v) is 20.4. The second-order valence-electron chi connectivity index (χ2n) is 11.8. The maximum atomic E-state index is 15.1. The Hall–Kier alpha value is 0.150. The zero-order valence-electron chi connectivity index (χ0n) is 19.2. The molecule has 4 fully saturated rings. The molecule has 0 nitrogen and oxygen atoms in total. The Bertz CT molecular complexity index is 534. The van der Waals surface area contributed by atoms with Crippen molar-refractivity contribution < 1.29 is 17.6 Å². The van der Waals surface area contributed by atoms with E-state index < -0.39 is 36.3 Å². The molecular weight excluding hydrogens is 419 g/mol. The number of rotatable bonds is 4. The first kappa shape index (κ1) is 24.3. The fourth-order valence-corrected chi connectivity index (χ4v) is 7.94. The van der Waals surface area contributed by atoms with Gasteiger partial charge in [-0.15, -0.1) is 9.24 Å². The van der Waals surface area contributed by atoms with Gasteiger partial charge in [-0.3, -0.25) is 0 Å². The van der Waals surface area contributed by atoms with Crippen LogP contribution in [-0.2, 0) is 0 Å². The summed E-state index contributed by atoms with van der Waals surface area (Å²) < 4.78 is 58.3. The van der Waals surface area contributed by atoms with Gasteiger partial charge in [0.25, 0.3) is 0 Å². The molecule has 5 heteroatoms. The molecule has 0 spiro atoms. The van der Waals surface area contributed by atoms with Crippen molar-refractivity contribution in [3.05, 3.63) is 0 Å². The summed E-state index contributed by atoms with van der Waals surface area (Å²) in [7, 11) is 2.26. The summed E-state index contributed by atoms with van der Waals surface area (Å²) >= 11 is 0. The highest BCUT2D eigenvalue weighted by Crippen LogP contribution is 2.48. The molecule has 0 amide bonds. The summed E-state index contributed by atoms with van der Waals surface area (Å²) in [5, 5.41) is 0. The van der Waals surface area contributed by atoms with Gasteiger partial charge < -0.3 is 0 Å². The Morgan fingerprint density at radius 1 is 0.581 bits per heavy atom. The Kier molecular flexibility index (Phi) is 8.31. The first-order valence-corrected chi connectivity index (χ1v) is 13.8. The molecule has 0 aromatic heterocycles. The van der Waals surface area contributed by atoms with Crippen LogP contribution in [0, 0.1) is 41.4 Å². The van der Waals surface area contributed by atoms with Gasteiger partial charge in [0.05, 0.1) is 0 Å². The third-order valence-electron chi connectivity index (χ3n) is 9.75. The van der Waals surface area contributed by atoms with Crippen LogP contribution in [0.4, 0.5) is 17.6 Å². The quantitative estimate of drug-likeness (QED) is 0.293. The average molecular weight is 463 g/mol. The monoisotopic (exact) mass is 462 g/mol. The Balaban J connectivity index is 1.25. The SMILES string of the molecule is CC1CCC(C2CCC(C3CC(F)C(CC4CC(F)C(P)C(F)C4)C(F)C3)CC2)CC1. The molecule has 0 bridgehead atoms. The molecule has 0 aromatic carbocycles. The molecule has 4 aliphatic rings. The van der Waals surface area contributed by atoms with Crippen LogP contribution in [0.3, 0.4) is 0 Å². The summed E-state index contributed by atoms with van der Waals surface area (Å²) in [6, 6.07) is 0. The van der Waals surface area contributed by atoms with Crippen molar-refractivity contribution in [1.82, 2.24) is 0 Å². The Morgan fingerprint density at radius 2 is 1.00 bits per heavy atom. The minimum Gasteiger partial charge on any atom is -0.247 e. The summed E-state index contributed by atoms with van der Waals surface area (Å²) in [5.41, 5.74) is -0.665. The van der Waals surface area contributed by atoms with Gasteiger partial charge in [-0.05, 0) is 106 Å². The van der Waals surface area contributed by atoms with Crippen LogP contribution in [0.1, 0.15) is 90.4 Å². The first-order chi connectivity index (χ1) is 14.8. The second-order valence-corrected chi connectivity index (χ2v) is 12.6. The smallest absolute Gasteiger partial charge is 0.109 e. The largest absolute Gasteiger partial charge is 0.247 e. The standard InChI is InChI=1S/C26H43F4P/c1-15-2-4-17(5-3-15)18-6-8-19(9-7-18)20-13-22(27)21(23(28)14-20)10-16-11-24(29)26(31)25(30)12-16/h15-26H,2-14,31H2,1H3. The van der Waals surface area contributed by atoms with Gasteiger partial charge in [0.15, 0.2) is 0 Å². The second kappa shape index (κ2) is 10.6. The van der Waals surface area contributed by atoms with Crippen LogP contribution in [0.2, 0.25) is 0 Å². The van der Waals surface area contributed by atoms with Crippen molar-refractivity contribution in [3.8, 4) is 0 Å². The first-order valence-electron chi connectivity index (χ1n) is 13.1. The lowest BCUT2D eigenvalue weighted by Gasteiger charge is -2.44. The summed E-state index contributed by atoms with van der Waals surface area (Å²) in [6.45, 7) is 2.36. The maximum Gasteiger partial charge on any atom is 0.109 e. The van der Waals surface area contributed by atoms with E-state index in [4.69, 9.17) is 0 Å². The van der Waals surface area contributed by atoms with E-state index in [2.05, 4.69) is 16.2 Å². The van der Waals surface area contributed by atoms with Crippen molar-refractivity contribution in [1.29, 1.82) is 0 Å². The van der Waals surface area contributed by atoms with Crippen molar-refractivity contribution in [3.63, 3.8) is 0 Å². The van der Waals surface area contributed by atoms with Gasteiger partial charge in [-0.2, -0.15) is 0 Å². The molecular formula is C26H43F4P. The third-order valence-corrected chi connectivity index (χ3v) is 10.6. The summed E-state index contributed by atoms with van der Waals surface area (Å²) in [4.78, 5) is 0. The van der Waals surface area contributed by atoms with E-state index in [-0.39, 0.29) is 24.7 Å². The fourth-order valence-electron chi connectivity index (χ4n) is 7.63. The van der Waals surface area contributed by atoms with Crippen molar-refractivity contribution >= 4 is 9.24 Å². The van der Waals surface area contributed by atoms with Gasteiger partial charge in [0, 0.05) is 11.6 Å². The van der Waals surface area contributed by atoms with Crippen LogP contribution >= 0.6 is 9.24 Å². The van der Waals surface area contributed by atoms with E-state index in [9.17, 15) is 8.78 Å². The van der Waals surface area contributed by atoms with Crippen LogP contribution < -0.4 is 0 Å². The Labute approximate surface area is 189 Å². The molecule has 5 atom stereocenters. The predicted octanol–water partition coefficient (Wildman–Crippen LogP) is 8.04. The zero-order chi connectivity index (χ0) is 22.1. The van der Waals surface area contributed by atoms with E-state index in [1.165, 1.54) is 38.5 Å². The van der Waals surface area contributed by atoms with Gasteiger partial charge in [-0.1, -0.05) is 19.8 Å². The van der Waals surface area contributed by atoms with Gasteiger partial charge in [0.1, 0.15) is 24.7 Å².